The highest BCUT2D eigenvalue weighted by molar-refractivity contribution is 6.05. The monoisotopic (exact) mass is 343 g/mol. The fourth-order valence-electron chi connectivity index (χ4n) is 3.00. The molecule has 0 bridgehead atoms. The van der Waals surface area contributed by atoms with Gasteiger partial charge in [-0.05, 0) is 31.5 Å². The first kappa shape index (κ1) is 16.0. The zero-order valence-electron chi connectivity index (χ0n) is 14.5. The molecule has 0 atom stereocenters. The minimum absolute atomic E-state index is 0.237. The summed E-state index contributed by atoms with van der Waals surface area (Å²) in [6.45, 7) is 3.82. The van der Waals surface area contributed by atoms with Crippen molar-refractivity contribution in [3.8, 4) is 11.1 Å². The molecule has 0 aliphatic heterocycles. The summed E-state index contributed by atoms with van der Waals surface area (Å²) in [4.78, 5) is 21.2. The predicted octanol–water partition coefficient (Wildman–Crippen LogP) is 3.66. The molecular formula is C20H17N5O. The number of carbonyl (C=O) groups is 1. The van der Waals surface area contributed by atoms with Gasteiger partial charge in [0, 0.05) is 18.0 Å². The van der Waals surface area contributed by atoms with Crippen LogP contribution in [0.25, 0.3) is 16.8 Å². The van der Waals surface area contributed by atoms with Crippen molar-refractivity contribution in [1.29, 1.82) is 0 Å². The number of fused-ring (bicyclic) bond motifs is 1. The molecule has 1 amide bonds. The molecular weight excluding hydrogens is 326 g/mol. The summed E-state index contributed by atoms with van der Waals surface area (Å²) < 4.78 is 1.73. The van der Waals surface area contributed by atoms with Crippen LogP contribution in [0, 0.1) is 13.8 Å². The number of aromatic nitrogens is 4. The molecule has 3 heterocycles. The Kier molecular flexibility index (Phi) is 3.93. The summed E-state index contributed by atoms with van der Waals surface area (Å²) in [7, 11) is 0. The molecule has 6 nitrogen and oxygen atoms in total. The van der Waals surface area contributed by atoms with Crippen LogP contribution in [0.5, 0.6) is 0 Å². The molecule has 26 heavy (non-hydrogen) atoms. The molecule has 0 radical (unpaired) electrons. The Labute approximate surface area is 150 Å². The lowest BCUT2D eigenvalue weighted by Gasteiger charge is -2.08. The average Bonchev–Trinajstić information content (AvgIpc) is 3.00. The van der Waals surface area contributed by atoms with Gasteiger partial charge in [0.1, 0.15) is 0 Å². The lowest BCUT2D eigenvalue weighted by Crippen LogP contribution is -2.16. The minimum Gasteiger partial charge on any atom is -0.320 e. The second-order valence-electron chi connectivity index (χ2n) is 6.01. The van der Waals surface area contributed by atoms with Gasteiger partial charge in [0.15, 0.2) is 5.65 Å². The fraction of sp³-hybridized carbons (Fsp3) is 0.100. The summed E-state index contributed by atoms with van der Waals surface area (Å²) in [6, 6.07) is 13.6. The number of pyridine rings is 1. The number of aryl methyl sites for hydroxylation is 2. The van der Waals surface area contributed by atoms with Gasteiger partial charge in [0.25, 0.3) is 5.91 Å². The Morgan fingerprint density at radius 2 is 1.85 bits per heavy atom. The van der Waals surface area contributed by atoms with Crippen molar-refractivity contribution in [2.45, 2.75) is 13.8 Å². The van der Waals surface area contributed by atoms with Crippen molar-refractivity contribution in [2.75, 3.05) is 5.32 Å². The molecule has 1 N–H and O–H groups in total. The van der Waals surface area contributed by atoms with Gasteiger partial charge in [-0.15, -0.1) is 0 Å². The van der Waals surface area contributed by atoms with Gasteiger partial charge in [0.05, 0.1) is 28.8 Å². The molecule has 4 aromatic rings. The maximum absolute atomic E-state index is 12.6. The molecule has 3 aromatic heterocycles. The Bertz CT molecular complexity index is 1090. The maximum Gasteiger partial charge on any atom is 0.259 e. The summed E-state index contributed by atoms with van der Waals surface area (Å²) >= 11 is 0. The van der Waals surface area contributed by atoms with E-state index in [-0.39, 0.29) is 5.91 Å². The summed E-state index contributed by atoms with van der Waals surface area (Å²) in [5.74, 6) is -0.237. The van der Waals surface area contributed by atoms with Gasteiger partial charge in [-0.1, -0.05) is 30.3 Å². The number of hydrogen-bond acceptors (Lipinski definition) is 4. The quantitative estimate of drug-likeness (QED) is 0.616. The predicted molar refractivity (Wildman–Crippen MR) is 100 cm³/mol. The molecule has 128 valence electrons. The van der Waals surface area contributed by atoms with Crippen molar-refractivity contribution >= 4 is 17.2 Å². The minimum atomic E-state index is -0.237. The van der Waals surface area contributed by atoms with E-state index in [0.29, 0.717) is 11.3 Å². The second-order valence-corrected chi connectivity index (χ2v) is 6.01. The van der Waals surface area contributed by atoms with Gasteiger partial charge in [-0.2, -0.15) is 5.10 Å². The van der Waals surface area contributed by atoms with E-state index in [2.05, 4.69) is 20.4 Å². The van der Waals surface area contributed by atoms with Crippen LogP contribution in [0.3, 0.4) is 0 Å². The van der Waals surface area contributed by atoms with Gasteiger partial charge in [-0.25, -0.2) is 9.50 Å². The normalized spacial score (nSPS) is 10.8. The molecule has 0 aliphatic carbocycles. The third kappa shape index (κ3) is 2.71. The number of benzene rings is 1. The molecule has 0 saturated carbocycles. The van der Waals surface area contributed by atoms with Crippen molar-refractivity contribution in [3.05, 3.63) is 78.0 Å². The SMILES string of the molecule is Cc1nn2c(C)c(C(=O)Nc3cccnc3)cnc2c1-c1ccccc1. The highest BCUT2D eigenvalue weighted by atomic mass is 16.1. The van der Waals surface area contributed by atoms with Gasteiger partial charge in [-0.3, -0.25) is 9.78 Å². The van der Waals surface area contributed by atoms with Gasteiger partial charge >= 0.3 is 0 Å². The Balaban J connectivity index is 1.78. The van der Waals surface area contributed by atoms with E-state index >= 15 is 0 Å². The van der Waals surface area contributed by atoms with E-state index in [1.54, 1.807) is 35.2 Å². The third-order valence-corrected chi connectivity index (χ3v) is 4.29. The van der Waals surface area contributed by atoms with E-state index in [0.717, 1.165) is 28.2 Å². The number of rotatable bonds is 3. The Morgan fingerprint density at radius 3 is 2.58 bits per heavy atom. The zero-order chi connectivity index (χ0) is 18.1. The number of anilines is 1. The first-order chi connectivity index (χ1) is 12.6. The second kappa shape index (κ2) is 6.40. The number of carbonyl (C=O) groups excluding carboxylic acids is 1. The van der Waals surface area contributed by atoms with Crippen molar-refractivity contribution < 1.29 is 4.79 Å². The van der Waals surface area contributed by atoms with Crippen LogP contribution < -0.4 is 5.32 Å². The van der Waals surface area contributed by atoms with Crippen LogP contribution in [-0.4, -0.2) is 25.5 Å². The van der Waals surface area contributed by atoms with Crippen molar-refractivity contribution in [3.63, 3.8) is 0 Å². The molecule has 1 aromatic carbocycles. The van der Waals surface area contributed by atoms with Crippen molar-refractivity contribution in [1.82, 2.24) is 19.6 Å². The number of hydrogen-bond donors (Lipinski definition) is 1. The van der Waals surface area contributed by atoms with E-state index in [9.17, 15) is 4.79 Å². The van der Waals surface area contributed by atoms with Gasteiger partial charge < -0.3 is 5.32 Å². The highest BCUT2D eigenvalue weighted by Gasteiger charge is 2.18. The van der Waals surface area contributed by atoms with Crippen LogP contribution in [-0.2, 0) is 0 Å². The molecule has 0 saturated heterocycles. The third-order valence-electron chi connectivity index (χ3n) is 4.29. The zero-order valence-corrected chi connectivity index (χ0v) is 14.5. The summed E-state index contributed by atoms with van der Waals surface area (Å²) in [5.41, 5.74) is 5.50. The van der Waals surface area contributed by atoms with E-state index in [1.807, 2.05) is 44.2 Å². The molecule has 0 spiro atoms. The van der Waals surface area contributed by atoms with E-state index in [1.165, 1.54) is 0 Å². The smallest absolute Gasteiger partial charge is 0.259 e. The molecule has 6 heteroatoms. The van der Waals surface area contributed by atoms with Crippen molar-refractivity contribution in [2.24, 2.45) is 0 Å². The molecule has 0 fully saturated rings. The highest BCUT2D eigenvalue weighted by Crippen LogP contribution is 2.28. The fourth-order valence-corrected chi connectivity index (χ4v) is 3.00. The number of amides is 1. The molecule has 0 unspecified atom stereocenters. The average molecular weight is 343 g/mol. The standard InChI is InChI=1S/C20H17N5O/c1-13-18(15-7-4-3-5-8-15)19-22-12-17(14(2)25(19)24-13)20(26)23-16-9-6-10-21-11-16/h3-12H,1-2H3,(H,23,26). The maximum atomic E-state index is 12.6. The topological polar surface area (TPSA) is 72.2 Å². The lowest BCUT2D eigenvalue weighted by molar-refractivity contribution is 0.102. The van der Waals surface area contributed by atoms with Crippen LogP contribution in [0.4, 0.5) is 5.69 Å². The molecule has 4 rings (SSSR count). The Morgan fingerprint density at radius 1 is 1.04 bits per heavy atom. The number of nitrogens with zero attached hydrogens (tertiary/aromatic N) is 4. The first-order valence-electron chi connectivity index (χ1n) is 8.27. The summed E-state index contributed by atoms with van der Waals surface area (Å²) in [5, 5.41) is 7.44. The van der Waals surface area contributed by atoms with E-state index in [4.69, 9.17) is 0 Å². The Hall–Kier alpha value is -3.54. The molecule has 0 aliphatic rings. The van der Waals surface area contributed by atoms with Crippen LogP contribution in [0.2, 0.25) is 0 Å². The van der Waals surface area contributed by atoms with Crippen LogP contribution in [0.15, 0.2) is 61.1 Å². The number of nitrogens with one attached hydrogen (secondary N) is 1. The van der Waals surface area contributed by atoms with E-state index < -0.39 is 0 Å². The van der Waals surface area contributed by atoms with Crippen LogP contribution in [0.1, 0.15) is 21.7 Å². The van der Waals surface area contributed by atoms with Crippen LogP contribution >= 0.6 is 0 Å². The largest absolute Gasteiger partial charge is 0.320 e. The van der Waals surface area contributed by atoms with Gasteiger partial charge in [0.2, 0.25) is 0 Å². The summed E-state index contributed by atoms with van der Waals surface area (Å²) in [6.07, 6.45) is 4.86. The lowest BCUT2D eigenvalue weighted by atomic mass is 10.1. The first-order valence-corrected chi connectivity index (χ1v) is 8.27.